The second-order valence-electron chi connectivity index (χ2n) is 5.40. The maximum Gasteiger partial charge on any atom is 0.0734 e. The molecule has 1 N–H and O–H groups in total. The van der Waals surface area contributed by atoms with Gasteiger partial charge in [0.05, 0.1) is 5.52 Å². The minimum absolute atomic E-state index is 0.915. The molecule has 0 aliphatic carbocycles. The molecule has 2 heteroatoms. The number of nitrogens with zero attached hydrogens (tertiary/aromatic N) is 1. The van der Waals surface area contributed by atoms with E-state index in [-0.39, 0.29) is 0 Å². The van der Waals surface area contributed by atoms with Crippen molar-refractivity contribution in [3.8, 4) is 0 Å². The minimum atomic E-state index is 0.915. The summed E-state index contributed by atoms with van der Waals surface area (Å²) >= 11 is 0. The number of aromatic nitrogens is 1. The summed E-state index contributed by atoms with van der Waals surface area (Å²) in [6, 6.07) is 19.2. The number of para-hydroxylation sites is 1. The van der Waals surface area contributed by atoms with E-state index < -0.39 is 0 Å². The minimum Gasteiger partial charge on any atom is -0.312 e. The lowest BCUT2D eigenvalue weighted by molar-refractivity contribution is 0.688. The van der Waals surface area contributed by atoms with Gasteiger partial charge in [-0.3, -0.25) is 4.98 Å². The Morgan fingerprint density at radius 2 is 1.76 bits per heavy atom. The van der Waals surface area contributed by atoms with E-state index in [0.717, 1.165) is 25.0 Å². The van der Waals surface area contributed by atoms with E-state index in [0.29, 0.717) is 0 Å². The maximum absolute atomic E-state index is 4.50. The van der Waals surface area contributed by atoms with Gasteiger partial charge in [0.25, 0.3) is 0 Å². The first kappa shape index (κ1) is 13.8. The molecular formula is C19H20N2. The van der Waals surface area contributed by atoms with Gasteiger partial charge in [0.15, 0.2) is 0 Å². The number of aryl methyl sites for hydroxylation is 1. The van der Waals surface area contributed by atoms with Crippen LogP contribution < -0.4 is 5.32 Å². The molecule has 0 aliphatic heterocycles. The molecule has 1 aromatic heterocycles. The second-order valence-corrected chi connectivity index (χ2v) is 5.40. The van der Waals surface area contributed by atoms with Crippen molar-refractivity contribution in [3.05, 3.63) is 77.5 Å². The fourth-order valence-electron chi connectivity index (χ4n) is 2.53. The molecule has 3 aromatic rings. The van der Waals surface area contributed by atoms with Crippen LogP contribution in [0.3, 0.4) is 0 Å². The van der Waals surface area contributed by atoms with Crippen LogP contribution in [0.5, 0.6) is 0 Å². The number of hydrogen-bond acceptors (Lipinski definition) is 2. The van der Waals surface area contributed by atoms with Gasteiger partial charge >= 0.3 is 0 Å². The molecule has 2 nitrogen and oxygen atoms in total. The zero-order valence-corrected chi connectivity index (χ0v) is 12.3. The fraction of sp³-hybridized carbons (Fsp3) is 0.211. The SMILES string of the molecule is Cc1ccc(CNCCc2cccc3cccnc23)cc1. The topological polar surface area (TPSA) is 24.9 Å². The number of nitrogens with one attached hydrogen (secondary N) is 1. The molecule has 0 radical (unpaired) electrons. The molecule has 1 heterocycles. The molecule has 21 heavy (non-hydrogen) atoms. The van der Waals surface area contributed by atoms with Gasteiger partial charge in [0.1, 0.15) is 0 Å². The van der Waals surface area contributed by atoms with Crippen LogP contribution in [0.4, 0.5) is 0 Å². The van der Waals surface area contributed by atoms with E-state index in [2.05, 4.69) is 65.8 Å². The summed E-state index contributed by atoms with van der Waals surface area (Å²) in [4.78, 5) is 4.50. The maximum atomic E-state index is 4.50. The van der Waals surface area contributed by atoms with Gasteiger partial charge < -0.3 is 5.32 Å². The molecule has 0 aliphatic rings. The van der Waals surface area contributed by atoms with Gasteiger partial charge in [-0.15, -0.1) is 0 Å². The van der Waals surface area contributed by atoms with Gasteiger partial charge in [-0.2, -0.15) is 0 Å². The lowest BCUT2D eigenvalue weighted by Crippen LogP contribution is -2.16. The zero-order chi connectivity index (χ0) is 14.5. The Morgan fingerprint density at radius 3 is 2.62 bits per heavy atom. The van der Waals surface area contributed by atoms with E-state index in [9.17, 15) is 0 Å². The van der Waals surface area contributed by atoms with Gasteiger partial charge in [-0.05, 0) is 37.1 Å². The highest BCUT2D eigenvalue weighted by atomic mass is 14.8. The lowest BCUT2D eigenvalue weighted by atomic mass is 10.1. The van der Waals surface area contributed by atoms with Gasteiger partial charge in [0, 0.05) is 18.1 Å². The highest BCUT2D eigenvalue weighted by Gasteiger charge is 2.01. The number of hydrogen-bond donors (Lipinski definition) is 1. The molecule has 0 bridgehead atoms. The van der Waals surface area contributed by atoms with Crippen LogP contribution in [0.2, 0.25) is 0 Å². The summed E-state index contributed by atoms with van der Waals surface area (Å²) in [7, 11) is 0. The van der Waals surface area contributed by atoms with Crippen molar-refractivity contribution >= 4 is 10.9 Å². The first-order chi connectivity index (χ1) is 10.3. The van der Waals surface area contributed by atoms with E-state index in [1.807, 2.05) is 12.3 Å². The van der Waals surface area contributed by atoms with E-state index in [1.54, 1.807) is 0 Å². The number of rotatable bonds is 5. The van der Waals surface area contributed by atoms with E-state index in [4.69, 9.17) is 0 Å². The molecule has 0 fully saturated rings. The lowest BCUT2D eigenvalue weighted by Gasteiger charge is -2.07. The van der Waals surface area contributed by atoms with Crippen molar-refractivity contribution in [2.24, 2.45) is 0 Å². The number of fused-ring (bicyclic) bond motifs is 1. The summed E-state index contributed by atoms with van der Waals surface area (Å²) in [5.74, 6) is 0. The molecule has 0 unspecified atom stereocenters. The van der Waals surface area contributed by atoms with E-state index in [1.165, 1.54) is 22.1 Å². The number of pyridine rings is 1. The Morgan fingerprint density at radius 1 is 0.952 bits per heavy atom. The Hall–Kier alpha value is -2.19. The number of benzene rings is 2. The summed E-state index contributed by atoms with van der Waals surface area (Å²) in [6.07, 6.45) is 2.87. The third-order valence-corrected chi connectivity index (χ3v) is 3.74. The Labute approximate surface area is 125 Å². The molecule has 0 atom stereocenters. The molecule has 0 amide bonds. The standard InChI is InChI=1S/C19H20N2/c1-15-7-9-16(10-8-15)14-20-13-11-18-5-2-4-17-6-3-12-21-19(17)18/h2-10,12,20H,11,13-14H2,1H3. The first-order valence-corrected chi connectivity index (χ1v) is 7.42. The molecule has 2 aromatic carbocycles. The largest absolute Gasteiger partial charge is 0.312 e. The zero-order valence-electron chi connectivity index (χ0n) is 12.3. The Kier molecular flexibility index (Phi) is 4.27. The van der Waals surface area contributed by atoms with Crippen LogP contribution in [0, 0.1) is 6.92 Å². The van der Waals surface area contributed by atoms with Crippen LogP contribution in [-0.4, -0.2) is 11.5 Å². The van der Waals surface area contributed by atoms with Crippen LogP contribution >= 0.6 is 0 Å². The smallest absolute Gasteiger partial charge is 0.0734 e. The fourth-order valence-corrected chi connectivity index (χ4v) is 2.53. The van der Waals surface area contributed by atoms with Gasteiger partial charge in [-0.25, -0.2) is 0 Å². The normalized spacial score (nSPS) is 10.9. The van der Waals surface area contributed by atoms with Crippen LogP contribution in [-0.2, 0) is 13.0 Å². The Bertz CT molecular complexity index is 712. The van der Waals surface area contributed by atoms with Crippen molar-refractivity contribution in [1.82, 2.24) is 10.3 Å². The highest BCUT2D eigenvalue weighted by molar-refractivity contribution is 5.81. The average molecular weight is 276 g/mol. The summed E-state index contributed by atoms with van der Waals surface area (Å²) in [6.45, 7) is 3.99. The molecular weight excluding hydrogens is 256 g/mol. The predicted molar refractivity (Wildman–Crippen MR) is 88.3 cm³/mol. The summed E-state index contributed by atoms with van der Waals surface area (Å²) in [5.41, 5.74) is 5.07. The van der Waals surface area contributed by atoms with Gasteiger partial charge in [-0.1, -0.05) is 54.1 Å². The molecule has 0 spiro atoms. The van der Waals surface area contributed by atoms with Crippen molar-refractivity contribution in [2.45, 2.75) is 19.9 Å². The van der Waals surface area contributed by atoms with Gasteiger partial charge in [0.2, 0.25) is 0 Å². The average Bonchev–Trinajstić information content (AvgIpc) is 2.53. The molecule has 0 saturated heterocycles. The third kappa shape index (κ3) is 3.47. The summed E-state index contributed by atoms with van der Waals surface area (Å²) in [5, 5.41) is 4.72. The predicted octanol–water partition coefficient (Wildman–Crippen LogP) is 3.88. The quantitative estimate of drug-likeness (QED) is 0.715. The second kappa shape index (κ2) is 6.51. The molecule has 106 valence electrons. The van der Waals surface area contributed by atoms with Crippen molar-refractivity contribution < 1.29 is 0 Å². The Balaban J connectivity index is 1.58. The third-order valence-electron chi connectivity index (χ3n) is 3.74. The summed E-state index contributed by atoms with van der Waals surface area (Å²) < 4.78 is 0. The van der Waals surface area contributed by atoms with Crippen molar-refractivity contribution in [1.29, 1.82) is 0 Å². The molecule has 3 rings (SSSR count). The molecule has 0 saturated carbocycles. The van der Waals surface area contributed by atoms with E-state index >= 15 is 0 Å². The van der Waals surface area contributed by atoms with Crippen LogP contribution in [0.15, 0.2) is 60.8 Å². The first-order valence-electron chi connectivity index (χ1n) is 7.42. The van der Waals surface area contributed by atoms with Crippen LogP contribution in [0.25, 0.3) is 10.9 Å². The van der Waals surface area contributed by atoms with Crippen molar-refractivity contribution in [3.63, 3.8) is 0 Å². The highest BCUT2D eigenvalue weighted by Crippen LogP contribution is 2.16. The van der Waals surface area contributed by atoms with Crippen LogP contribution in [0.1, 0.15) is 16.7 Å². The monoisotopic (exact) mass is 276 g/mol. The van der Waals surface area contributed by atoms with Crippen molar-refractivity contribution in [2.75, 3.05) is 6.54 Å².